The highest BCUT2D eigenvalue weighted by molar-refractivity contribution is 5.68. The summed E-state index contributed by atoms with van der Waals surface area (Å²) < 4.78 is 5.47. The zero-order valence-electron chi connectivity index (χ0n) is 13.8. The van der Waals surface area contributed by atoms with Crippen molar-refractivity contribution in [3.8, 4) is 0 Å². The molecule has 1 aliphatic heterocycles. The maximum Gasteiger partial charge on any atom is 0.410 e. The number of hydrogen-bond acceptors (Lipinski definition) is 3. The van der Waals surface area contributed by atoms with Gasteiger partial charge in [0.1, 0.15) is 5.60 Å². The lowest BCUT2D eigenvalue weighted by Gasteiger charge is -2.29. The molecule has 0 aromatic heterocycles. The van der Waals surface area contributed by atoms with E-state index in [2.05, 4.69) is 0 Å². The average molecular weight is 305 g/mol. The molecule has 4 nitrogen and oxygen atoms in total. The number of aliphatic hydroxyl groups is 1. The SMILES string of the molecule is CC(C)(C)OC(=O)N1CCC[C@H]1CCC(O)c1ccccc1. The van der Waals surface area contributed by atoms with Gasteiger partial charge in [-0.15, -0.1) is 0 Å². The summed E-state index contributed by atoms with van der Waals surface area (Å²) in [4.78, 5) is 14.0. The summed E-state index contributed by atoms with van der Waals surface area (Å²) in [5, 5.41) is 10.3. The molecule has 0 radical (unpaired) electrons. The van der Waals surface area contributed by atoms with Crippen molar-refractivity contribution in [3.05, 3.63) is 35.9 Å². The molecule has 1 saturated heterocycles. The Balaban J connectivity index is 1.87. The predicted molar refractivity (Wildman–Crippen MR) is 86.6 cm³/mol. The smallest absolute Gasteiger partial charge is 0.410 e. The number of hydrogen-bond donors (Lipinski definition) is 1. The molecule has 22 heavy (non-hydrogen) atoms. The number of benzene rings is 1. The third kappa shape index (κ3) is 4.73. The van der Waals surface area contributed by atoms with E-state index >= 15 is 0 Å². The Hall–Kier alpha value is -1.55. The zero-order valence-corrected chi connectivity index (χ0v) is 13.8. The van der Waals surface area contributed by atoms with Crippen LogP contribution in [0.2, 0.25) is 0 Å². The van der Waals surface area contributed by atoms with Gasteiger partial charge >= 0.3 is 6.09 Å². The summed E-state index contributed by atoms with van der Waals surface area (Å²) in [6.45, 7) is 6.40. The first-order valence-electron chi connectivity index (χ1n) is 8.09. The van der Waals surface area contributed by atoms with Gasteiger partial charge in [-0.1, -0.05) is 30.3 Å². The quantitative estimate of drug-likeness (QED) is 0.918. The highest BCUT2D eigenvalue weighted by Crippen LogP contribution is 2.27. The predicted octanol–water partition coefficient (Wildman–Crippen LogP) is 3.90. The van der Waals surface area contributed by atoms with Crippen LogP contribution in [0.3, 0.4) is 0 Å². The van der Waals surface area contributed by atoms with Crippen molar-refractivity contribution in [3.63, 3.8) is 0 Å². The van der Waals surface area contributed by atoms with E-state index < -0.39 is 11.7 Å². The normalized spacial score (nSPS) is 20.0. The molecule has 1 N–H and O–H groups in total. The zero-order chi connectivity index (χ0) is 16.2. The van der Waals surface area contributed by atoms with Crippen LogP contribution in [0, 0.1) is 0 Å². The second-order valence-electron chi connectivity index (χ2n) is 6.97. The summed E-state index contributed by atoms with van der Waals surface area (Å²) in [5.74, 6) is 0. The lowest BCUT2D eigenvalue weighted by molar-refractivity contribution is 0.0207. The van der Waals surface area contributed by atoms with Crippen LogP contribution in [-0.4, -0.2) is 34.3 Å². The van der Waals surface area contributed by atoms with E-state index in [1.54, 1.807) is 0 Å². The largest absolute Gasteiger partial charge is 0.444 e. The molecule has 122 valence electrons. The summed E-state index contributed by atoms with van der Waals surface area (Å²) in [6, 6.07) is 9.85. The van der Waals surface area contributed by atoms with Crippen molar-refractivity contribution in [2.75, 3.05) is 6.54 Å². The van der Waals surface area contributed by atoms with Crippen LogP contribution in [0.5, 0.6) is 0 Å². The molecule has 1 aromatic rings. The minimum Gasteiger partial charge on any atom is -0.444 e. The van der Waals surface area contributed by atoms with Gasteiger partial charge in [0.05, 0.1) is 6.10 Å². The van der Waals surface area contributed by atoms with Gasteiger partial charge in [-0.2, -0.15) is 0 Å². The van der Waals surface area contributed by atoms with Crippen molar-refractivity contribution < 1.29 is 14.6 Å². The molecule has 1 heterocycles. The molecule has 2 rings (SSSR count). The van der Waals surface area contributed by atoms with E-state index in [0.29, 0.717) is 6.42 Å². The summed E-state index contributed by atoms with van der Waals surface area (Å²) >= 11 is 0. The maximum atomic E-state index is 12.2. The van der Waals surface area contributed by atoms with Gasteiger partial charge in [0.2, 0.25) is 0 Å². The van der Waals surface area contributed by atoms with E-state index in [-0.39, 0.29) is 12.1 Å². The number of carbonyl (C=O) groups is 1. The maximum absolute atomic E-state index is 12.2. The van der Waals surface area contributed by atoms with E-state index in [9.17, 15) is 9.90 Å². The van der Waals surface area contributed by atoms with Gasteiger partial charge in [0.25, 0.3) is 0 Å². The van der Waals surface area contributed by atoms with Crippen LogP contribution in [0.25, 0.3) is 0 Å². The van der Waals surface area contributed by atoms with Gasteiger partial charge in [0, 0.05) is 12.6 Å². The minimum absolute atomic E-state index is 0.174. The molecule has 1 fully saturated rings. The fraction of sp³-hybridized carbons (Fsp3) is 0.611. The van der Waals surface area contributed by atoms with Crippen LogP contribution in [0.4, 0.5) is 4.79 Å². The Morgan fingerprint density at radius 1 is 1.36 bits per heavy atom. The molecule has 0 spiro atoms. The highest BCUT2D eigenvalue weighted by Gasteiger charge is 2.32. The molecular formula is C18H27NO3. The summed E-state index contributed by atoms with van der Waals surface area (Å²) in [7, 11) is 0. The Morgan fingerprint density at radius 3 is 2.68 bits per heavy atom. The van der Waals surface area contributed by atoms with Crippen LogP contribution in [-0.2, 0) is 4.74 Å². The molecule has 0 bridgehead atoms. The number of rotatable bonds is 4. The molecule has 0 aliphatic carbocycles. The summed E-state index contributed by atoms with van der Waals surface area (Å²) in [6.07, 6.45) is 2.75. The molecule has 4 heteroatoms. The topological polar surface area (TPSA) is 49.8 Å². The van der Waals surface area contributed by atoms with Gasteiger partial charge in [-0.05, 0) is 52.0 Å². The lowest BCUT2D eigenvalue weighted by atomic mass is 10.0. The van der Waals surface area contributed by atoms with Crippen LogP contribution >= 0.6 is 0 Å². The molecule has 1 unspecified atom stereocenters. The third-order valence-electron chi connectivity index (χ3n) is 3.96. The van der Waals surface area contributed by atoms with Crippen molar-refractivity contribution in [2.24, 2.45) is 0 Å². The fourth-order valence-corrected chi connectivity index (χ4v) is 2.89. The Kier molecular flexibility index (Phi) is 5.46. The van der Waals surface area contributed by atoms with Crippen molar-refractivity contribution in [1.82, 2.24) is 4.90 Å². The Morgan fingerprint density at radius 2 is 2.05 bits per heavy atom. The number of aliphatic hydroxyl groups excluding tert-OH is 1. The first-order chi connectivity index (χ1) is 10.4. The Bertz CT molecular complexity index is 481. The second kappa shape index (κ2) is 7.14. The average Bonchev–Trinajstić information content (AvgIpc) is 2.92. The monoisotopic (exact) mass is 305 g/mol. The number of nitrogens with zero attached hydrogens (tertiary/aromatic N) is 1. The Labute approximate surface area is 133 Å². The number of amides is 1. The first kappa shape index (κ1) is 16.8. The van der Waals surface area contributed by atoms with E-state index in [0.717, 1.165) is 31.4 Å². The van der Waals surface area contributed by atoms with Crippen molar-refractivity contribution in [1.29, 1.82) is 0 Å². The van der Waals surface area contributed by atoms with Crippen LogP contribution in [0.15, 0.2) is 30.3 Å². The molecular weight excluding hydrogens is 278 g/mol. The molecule has 1 amide bonds. The van der Waals surface area contributed by atoms with Gasteiger partial charge in [0.15, 0.2) is 0 Å². The molecule has 1 aromatic carbocycles. The van der Waals surface area contributed by atoms with Gasteiger partial charge in [-0.3, -0.25) is 0 Å². The number of carbonyl (C=O) groups excluding carboxylic acids is 1. The molecule has 1 aliphatic rings. The van der Waals surface area contributed by atoms with E-state index in [4.69, 9.17) is 4.74 Å². The van der Waals surface area contributed by atoms with Crippen molar-refractivity contribution >= 4 is 6.09 Å². The molecule has 2 atom stereocenters. The van der Waals surface area contributed by atoms with Crippen molar-refractivity contribution in [2.45, 2.75) is 64.2 Å². The first-order valence-corrected chi connectivity index (χ1v) is 8.09. The van der Waals surface area contributed by atoms with Crippen LogP contribution in [0.1, 0.15) is 58.1 Å². The fourth-order valence-electron chi connectivity index (χ4n) is 2.89. The number of ether oxygens (including phenoxy) is 1. The van der Waals surface area contributed by atoms with E-state index in [1.165, 1.54) is 0 Å². The summed E-state index contributed by atoms with van der Waals surface area (Å²) in [5.41, 5.74) is 0.470. The second-order valence-corrected chi connectivity index (χ2v) is 6.97. The van der Waals surface area contributed by atoms with Crippen LogP contribution < -0.4 is 0 Å². The van der Waals surface area contributed by atoms with E-state index in [1.807, 2.05) is 56.0 Å². The van der Waals surface area contributed by atoms with Gasteiger partial charge in [-0.25, -0.2) is 4.79 Å². The highest BCUT2D eigenvalue weighted by atomic mass is 16.6. The lowest BCUT2D eigenvalue weighted by Crippen LogP contribution is -2.39. The van der Waals surface area contributed by atoms with Gasteiger partial charge < -0.3 is 14.7 Å². The minimum atomic E-state index is -0.470. The molecule has 0 saturated carbocycles. The standard InChI is InChI=1S/C18H27NO3/c1-18(2,3)22-17(21)19-13-7-10-15(19)11-12-16(20)14-8-5-4-6-9-14/h4-6,8-9,15-16,20H,7,10-13H2,1-3H3/t15-,16?/m0/s1. The number of likely N-dealkylation sites (tertiary alicyclic amines) is 1. The third-order valence-corrected chi connectivity index (χ3v) is 3.96.